The van der Waals surface area contributed by atoms with Gasteiger partial charge in [0.15, 0.2) is 0 Å². The highest BCUT2D eigenvalue weighted by atomic mass is 32.2. The van der Waals surface area contributed by atoms with Gasteiger partial charge in [-0.05, 0) is 20.3 Å². The quantitative estimate of drug-likeness (QED) is 0.661. The van der Waals surface area contributed by atoms with Crippen molar-refractivity contribution in [1.82, 2.24) is 5.48 Å². The summed E-state index contributed by atoms with van der Waals surface area (Å²) in [5.41, 5.74) is 3.09. The third-order valence-corrected chi connectivity index (χ3v) is 3.03. The highest BCUT2D eigenvalue weighted by Crippen LogP contribution is 2.25. The van der Waals surface area contributed by atoms with Crippen LogP contribution in [0.3, 0.4) is 0 Å². The first-order valence-corrected chi connectivity index (χ1v) is 5.26. The molecule has 2 atom stereocenters. The Kier molecular flexibility index (Phi) is 3.69. The van der Waals surface area contributed by atoms with Crippen molar-refractivity contribution in [3.63, 3.8) is 0 Å². The first-order chi connectivity index (χ1) is 5.18. The maximum absolute atomic E-state index is 5.31. The minimum Gasteiger partial charge on any atom is -0.299 e. The molecule has 0 aromatic carbocycles. The fraction of sp³-hybridized carbons (Fsp3) is 1.00. The van der Waals surface area contributed by atoms with Gasteiger partial charge in [0.2, 0.25) is 0 Å². The Hall–Kier alpha value is 0.270. The molecule has 1 saturated heterocycles. The van der Waals surface area contributed by atoms with Crippen molar-refractivity contribution < 1.29 is 4.84 Å². The van der Waals surface area contributed by atoms with Crippen LogP contribution in [0.4, 0.5) is 0 Å². The molecule has 0 amide bonds. The van der Waals surface area contributed by atoms with E-state index in [1.165, 1.54) is 12.2 Å². The van der Waals surface area contributed by atoms with Gasteiger partial charge in [0.25, 0.3) is 0 Å². The largest absolute Gasteiger partial charge is 0.299 e. The standard InChI is InChI=1S/C8H17NOS/c1-6(2)10-9-8-4-7(3)11-5-8/h6-9H,4-5H2,1-3H3. The second-order valence-electron chi connectivity index (χ2n) is 3.36. The highest BCUT2D eigenvalue weighted by Gasteiger charge is 2.21. The average molecular weight is 175 g/mol. The second kappa shape index (κ2) is 4.33. The van der Waals surface area contributed by atoms with E-state index in [9.17, 15) is 0 Å². The van der Waals surface area contributed by atoms with Crippen molar-refractivity contribution in [3.05, 3.63) is 0 Å². The molecule has 0 aromatic rings. The highest BCUT2D eigenvalue weighted by molar-refractivity contribution is 8.00. The summed E-state index contributed by atoms with van der Waals surface area (Å²) in [7, 11) is 0. The number of nitrogens with one attached hydrogen (secondary N) is 1. The fourth-order valence-electron chi connectivity index (χ4n) is 1.13. The van der Waals surface area contributed by atoms with Gasteiger partial charge in [-0.3, -0.25) is 4.84 Å². The van der Waals surface area contributed by atoms with E-state index in [2.05, 4.69) is 12.4 Å². The topological polar surface area (TPSA) is 21.3 Å². The van der Waals surface area contributed by atoms with Crippen LogP contribution in [0.1, 0.15) is 27.2 Å². The molecule has 11 heavy (non-hydrogen) atoms. The van der Waals surface area contributed by atoms with Crippen LogP contribution in [-0.2, 0) is 4.84 Å². The van der Waals surface area contributed by atoms with Gasteiger partial charge in [0.1, 0.15) is 0 Å². The number of hydrogen-bond acceptors (Lipinski definition) is 3. The summed E-state index contributed by atoms with van der Waals surface area (Å²) in [6.07, 6.45) is 1.52. The van der Waals surface area contributed by atoms with Gasteiger partial charge in [-0.15, -0.1) is 0 Å². The lowest BCUT2D eigenvalue weighted by Gasteiger charge is -2.13. The monoisotopic (exact) mass is 175 g/mol. The summed E-state index contributed by atoms with van der Waals surface area (Å²) >= 11 is 2.01. The Morgan fingerprint density at radius 3 is 2.73 bits per heavy atom. The molecule has 1 rings (SSSR count). The third kappa shape index (κ3) is 3.45. The molecule has 1 fully saturated rings. The van der Waals surface area contributed by atoms with Crippen LogP contribution >= 0.6 is 11.8 Å². The van der Waals surface area contributed by atoms with E-state index in [4.69, 9.17) is 4.84 Å². The molecule has 0 bridgehead atoms. The van der Waals surface area contributed by atoms with E-state index in [0.717, 1.165) is 5.25 Å². The van der Waals surface area contributed by atoms with E-state index < -0.39 is 0 Å². The minimum atomic E-state index is 0.288. The second-order valence-corrected chi connectivity index (χ2v) is 4.83. The SMILES string of the molecule is CC(C)ONC1CSC(C)C1. The first-order valence-electron chi connectivity index (χ1n) is 4.21. The Balaban J connectivity index is 2.08. The average Bonchev–Trinajstić information content (AvgIpc) is 2.31. The number of hydrogen-bond donors (Lipinski definition) is 1. The van der Waals surface area contributed by atoms with Crippen LogP contribution in [0.5, 0.6) is 0 Å². The molecule has 0 spiro atoms. The number of hydroxylamine groups is 1. The molecule has 66 valence electrons. The Morgan fingerprint density at radius 2 is 2.27 bits per heavy atom. The maximum atomic E-state index is 5.31. The van der Waals surface area contributed by atoms with Crippen LogP contribution in [0.15, 0.2) is 0 Å². The van der Waals surface area contributed by atoms with Crippen molar-refractivity contribution in [3.8, 4) is 0 Å². The van der Waals surface area contributed by atoms with Crippen molar-refractivity contribution in [1.29, 1.82) is 0 Å². The lowest BCUT2D eigenvalue weighted by Crippen LogP contribution is -2.31. The van der Waals surface area contributed by atoms with E-state index in [1.54, 1.807) is 0 Å². The molecule has 0 saturated carbocycles. The van der Waals surface area contributed by atoms with Gasteiger partial charge in [0.05, 0.1) is 6.10 Å². The molecule has 2 nitrogen and oxygen atoms in total. The molecule has 0 aromatic heterocycles. The lowest BCUT2D eigenvalue weighted by atomic mass is 10.2. The van der Waals surface area contributed by atoms with Gasteiger partial charge in [-0.25, -0.2) is 0 Å². The Bertz CT molecular complexity index is 119. The van der Waals surface area contributed by atoms with Crippen molar-refractivity contribution in [2.75, 3.05) is 5.75 Å². The summed E-state index contributed by atoms with van der Waals surface area (Å²) in [5, 5.41) is 0.795. The lowest BCUT2D eigenvalue weighted by molar-refractivity contribution is -0.0217. The van der Waals surface area contributed by atoms with E-state index in [-0.39, 0.29) is 6.10 Å². The molecule has 1 heterocycles. The molecule has 0 aliphatic carbocycles. The molecular weight excluding hydrogens is 158 g/mol. The van der Waals surface area contributed by atoms with Crippen LogP contribution in [0.2, 0.25) is 0 Å². The van der Waals surface area contributed by atoms with Crippen LogP contribution in [0, 0.1) is 0 Å². The van der Waals surface area contributed by atoms with Gasteiger partial charge in [-0.1, -0.05) is 6.92 Å². The van der Waals surface area contributed by atoms with Crippen molar-refractivity contribution >= 4 is 11.8 Å². The van der Waals surface area contributed by atoms with E-state index >= 15 is 0 Å². The normalized spacial score (nSPS) is 31.6. The van der Waals surface area contributed by atoms with Gasteiger partial charge in [-0.2, -0.15) is 17.2 Å². The van der Waals surface area contributed by atoms with E-state index in [0.29, 0.717) is 6.04 Å². The molecule has 1 aliphatic heterocycles. The Morgan fingerprint density at radius 1 is 1.55 bits per heavy atom. The third-order valence-electron chi connectivity index (χ3n) is 1.67. The number of rotatable bonds is 3. The summed E-state index contributed by atoms with van der Waals surface area (Å²) in [6.45, 7) is 6.35. The van der Waals surface area contributed by atoms with Crippen LogP contribution in [-0.4, -0.2) is 23.1 Å². The fourth-order valence-corrected chi connectivity index (χ4v) is 2.26. The van der Waals surface area contributed by atoms with Gasteiger partial charge < -0.3 is 0 Å². The van der Waals surface area contributed by atoms with Crippen LogP contribution < -0.4 is 5.48 Å². The Labute approximate surface area is 73.0 Å². The zero-order valence-electron chi connectivity index (χ0n) is 7.46. The van der Waals surface area contributed by atoms with Gasteiger partial charge >= 0.3 is 0 Å². The zero-order valence-corrected chi connectivity index (χ0v) is 8.28. The molecule has 2 unspecified atom stereocenters. The predicted molar refractivity (Wildman–Crippen MR) is 49.7 cm³/mol. The van der Waals surface area contributed by atoms with Crippen molar-refractivity contribution in [2.24, 2.45) is 0 Å². The van der Waals surface area contributed by atoms with Crippen LogP contribution in [0.25, 0.3) is 0 Å². The zero-order chi connectivity index (χ0) is 8.27. The molecule has 0 radical (unpaired) electrons. The van der Waals surface area contributed by atoms with E-state index in [1.807, 2.05) is 25.6 Å². The molecular formula is C8H17NOS. The predicted octanol–water partition coefficient (Wildman–Crippen LogP) is 1.81. The summed E-state index contributed by atoms with van der Waals surface area (Å²) in [6, 6.07) is 0.567. The minimum absolute atomic E-state index is 0.288. The molecule has 3 heteroatoms. The first kappa shape index (κ1) is 9.36. The number of thioether (sulfide) groups is 1. The summed E-state index contributed by atoms with van der Waals surface area (Å²) in [5.74, 6) is 1.19. The summed E-state index contributed by atoms with van der Waals surface area (Å²) < 4.78 is 0. The summed E-state index contributed by atoms with van der Waals surface area (Å²) in [4.78, 5) is 5.31. The molecule has 1 aliphatic rings. The smallest absolute Gasteiger partial charge is 0.0734 e. The maximum Gasteiger partial charge on any atom is 0.0734 e. The van der Waals surface area contributed by atoms with Crippen molar-refractivity contribution in [2.45, 2.75) is 44.6 Å². The molecule has 1 N–H and O–H groups in total. The van der Waals surface area contributed by atoms with Gasteiger partial charge in [0, 0.05) is 17.0 Å².